The molecule has 0 amide bonds. The minimum atomic E-state index is 0.484. The van der Waals surface area contributed by atoms with Gasteiger partial charge in [-0.25, -0.2) is 4.98 Å². The Bertz CT molecular complexity index is 321. The molecule has 1 N–H and O–H groups in total. The molecule has 18 heavy (non-hydrogen) atoms. The summed E-state index contributed by atoms with van der Waals surface area (Å²) in [6.07, 6.45) is 5.00. The van der Waals surface area contributed by atoms with Crippen molar-refractivity contribution in [3.63, 3.8) is 0 Å². The van der Waals surface area contributed by atoms with Gasteiger partial charge in [-0.3, -0.25) is 0 Å². The average molecular weight is 253 g/mol. The number of nitrogens with one attached hydrogen (secondary N) is 1. The number of nitrogens with zero attached hydrogens (tertiary/aromatic N) is 2. The largest absolute Gasteiger partial charge is 0.380 e. The van der Waals surface area contributed by atoms with E-state index in [9.17, 15) is 0 Å². The summed E-state index contributed by atoms with van der Waals surface area (Å²) in [5.74, 6) is 1.79. The van der Waals surface area contributed by atoms with Crippen molar-refractivity contribution in [1.82, 2.24) is 14.9 Å². The summed E-state index contributed by atoms with van der Waals surface area (Å²) in [5, 5.41) is 3.38. The predicted octanol–water partition coefficient (Wildman–Crippen LogP) is 2.44. The number of ether oxygens (including phenoxy) is 1. The second-order valence-corrected chi connectivity index (χ2v) is 5.37. The highest BCUT2D eigenvalue weighted by Gasteiger charge is 2.03. The normalized spacial score (nSPS) is 11.7. The van der Waals surface area contributed by atoms with E-state index in [0.29, 0.717) is 12.0 Å². The Morgan fingerprint density at radius 2 is 2.06 bits per heavy atom. The van der Waals surface area contributed by atoms with Crippen LogP contribution in [-0.4, -0.2) is 28.8 Å². The van der Waals surface area contributed by atoms with Crippen molar-refractivity contribution in [2.75, 3.05) is 13.2 Å². The Labute approximate surface area is 111 Å². The molecule has 0 spiro atoms. The van der Waals surface area contributed by atoms with Crippen LogP contribution in [0.1, 0.15) is 39.9 Å². The number of hydrogen-bond donors (Lipinski definition) is 1. The third kappa shape index (κ3) is 6.17. The molecule has 0 unspecified atom stereocenters. The van der Waals surface area contributed by atoms with Crippen molar-refractivity contribution in [2.45, 2.75) is 53.2 Å². The number of hydrogen-bond acceptors (Lipinski definition) is 3. The van der Waals surface area contributed by atoms with Crippen LogP contribution >= 0.6 is 0 Å². The van der Waals surface area contributed by atoms with E-state index in [0.717, 1.165) is 38.5 Å². The summed E-state index contributed by atoms with van der Waals surface area (Å²) in [6.45, 7) is 12.0. The van der Waals surface area contributed by atoms with Gasteiger partial charge in [0.2, 0.25) is 0 Å². The summed E-state index contributed by atoms with van der Waals surface area (Å²) in [5.41, 5.74) is 0. The lowest BCUT2D eigenvalue weighted by Gasteiger charge is -2.11. The molecule has 0 radical (unpaired) electrons. The fourth-order valence-electron chi connectivity index (χ4n) is 1.59. The molecule has 0 aromatic carbocycles. The standard InChI is InChI=1S/C14H27N3O/c1-12(2)5-9-18-10-8-17-7-6-15-14(17)11-16-13(3)4/h6-7,12-13,16H,5,8-11H2,1-4H3. The van der Waals surface area contributed by atoms with E-state index in [1.807, 2.05) is 12.4 Å². The van der Waals surface area contributed by atoms with Crippen LogP contribution in [0.2, 0.25) is 0 Å². The third-order valence-corrected chi connectivity index (χ3v) is 2.79. The van der Waals surface area contributed by atoms with Crippen molar-refractivity contribution in [1.29, 1.82) is 0 Å². The van der Waals surface area contributed by atoms with Gasteiger partial charge in [-0.2, -0.15) is 0 Å². The van der Waals surface area contributed by atoms with Crippen LogP contribution in [0.15, 0.2) is 12.4 Å². The zero-order valence-electron chi connectivity index (χ0n) is 12.1. The van der Waals surface area contributed by atoms with Crippen LogP contribution in [0.25, 0.3) is 0 Å². The first-order chi connectivity index (χ1) is 8.59. The Hall–Kier alpha value is -0.870. The van der Waals surface area contributed by atoms with E-state index >= 15 is 0 Å². The molecule has 4 nitrogen and oxygen atoms in total. The molecule has 0 aliphatic heterocycles. The summed E-state index contributed by atoms with van der Waals surface area (Å²) < 4.78 is 7.79. The number of imidazole rings is 1. The number of aromatic nitrogens is 2. The molecule has 104 valence electrons. The Morgan fingerprint density at radius 3 is 2.72 bits per heavy atom. The van der Waals surface area contributed by atoms with Crippen LogP contribution in [0, 0.1) is 5.92 Å². The zero-order chi connectivity index (χ0) is 13.4. The molecular weight excluding hydrogens is 226 g/mol. The zero-order valence-corrected chi connectivity index (χ0v) is 12.1. The Kier molecular flexibility index (Phi) is 6.98. The molecule has 1 heterocycles. The maximum absolute atomic E-state index is 5.63. The van der Waals surface area contributed by atoms with E-state index in [4.69, 9.17) is 4.74 Å². The van der Waals surface area contributed by atoms with Gasteiger partial charge in [0.05, 0.1) is 13.2 Å². The highest BCUT2D eigenvalue weighted by atomic mass is 16.5. The van der Waals surface area contributed by atoms with Gasteiger partial charge in [-0.05, 0) is 12.3 Å². The second-order valence-electron chi connectivity index (χ2n) is 5.37. The Balaban J connectivity index is 2.23. The molecule has 0 fully saturated rings. The van der Waals surface area contributed by atoms with Gasteiger partial charge < -0.3 is 14.6 Å². The van der Waals surface area contributed by atoms with Gasteiger partial charge >= 0.3 is 0 Å². The van der Waals surface area contributed by atoms with E-state index in [-0.39, 0.29) is 0 Å². The molecule has 0 aliphatic carbocycles. The van der Waals surface area contributed by atoms with Crippen LogP contribution in [-0.2, 0) is 17.8 Å². The van der Waals surface area contributed by atoms with Crippen molar-refractivity contribution < 1.29 is 4.74 Å². The molecule has 0 atom stereocenters. The van der Waals surface area contributed by atoms with Gasteiger partial charge in [0, 0.05) is 31.6 Å². The smallest absolute Gasteiger partial charge is 0.122 e. The molecule has 0 saturated carbocycles. The van der Waals surface area contributed by atoms with Crippen molar-refractivity contribution >= 4 is 0 Å². The fraction of sp³-hybridized carbons (Fsp3) is 0.786. The Morgan fingerprint density at radius 1 is 1.28 bits per heavy atom. The van der Waals surface area contributed by atoms with E-state index < -0.39 is 0 Å². The second kappa shape index (κ2) is 8.27. The average Bonchev–Trinajstić information content (AvgIpc) is 2.73. The molecule has 1 rings (SSSR count). The summed E-state index contributed by atoms with van der Waals surface area (Å²) >= 11 is 0. The van der Waals surface area contributed by atoms with Crippen molar-refractivity contribution in [3.8, 4) is 0 Å². The quantitative estimate of drug-likeness (QED) is 0.687. The molecule has 4 heteroatoms. The topological polar surface area (TPSA) is 39.1 Å². The van der Waals surface area contributed by atoms with Gasteiger partial charge in [0.1, 0.15) is 5.82 Å². The lowest BCUT2D eigenvalue weighted by Crippen LogP contribution is -2.24. The molecule has 0 bridgehead atoms. The molecule has 1 aromatic rings. The summed E-state index contributed by atoms with van der Waals surface area (Å²) in [7, 11) is 0. The maximum Gasteiger partial charge on any atom is 0.122 e. The molecular formula is C14H27N3O. The third-order valence-electron chi connectivity index (χ3n) is 2.79. The van der Waals surface area contributed by atoms with Crippen LogP contribution in [0.3, 0.4) is 0 Å². The maximum atomic E-state index is 5.63. The lowest BCUT2D eigenvalue weighted by atomic mass is 10.1. The molecule has 0 saturated heterocycles. The van der Waals surface area contributed by atoms with Crippen molar-refractivity contribution in [3.05, 3.63) is 18.2 Å². The number of rotatable bonds is 9. The van der Waals surface area contributed by atoms with Crippen LogP contribution in [0.4, 0.5) is 0 Å². The highest BCUT2D eigenvalue weighted by Crippen LogP contribution is 2.01. The molecule has 1 aromatic heterocycles. The fourth-order valence-corrected chi connectivity index (χ4v) is 1.59. The van der Waals surface area contributed by atoms with E-state index in [1.54, 1.807) is 0 Å². The van der Waals surface area contributed by atoms with Crippen molar-refractivity contribution in [2.24, 2.45) is 5.92 Å². The first-order valence-corrected chi connectivity index (χ1v) is 6.90. The van der Waals surface area contributed by atoms with Gasteiger partial charge in [-0.15, -0.1) is 0 Å². The van der Waals surface area contributed by atoms with E-state index in [2.05, 4.69) is 42.6 Å². The summed E-state index contributed by atoms with van der Waals surface area (Å²) in [6, 6.07) is 0.484. The first-order valence-electron chi connectivity index (χ1n) is 6.90. The van der Waals surface area contributed by atoms with Gasteiger partial charge in [-0.1, -0.05) is 27.7 Å². The lowest BCUT2D eigenvalue weighted by molar-refractivity contribution is 0.115. The highest BCUT2D eigenvalue weighted by molar-refractivity contribution is 4.92. The molecule has 0 aliphatic rings. The van der Waals surface area contributed by atoms with Gasteiger partial charge in [0.25, 0.3) is 0 Å². The first kappa shape index (κ1) is 15.2. The van der Waals surface area contributed by atoms with E-state index in [1.165, 1.54) is 0 Å². The van der Waals surface area contributed by atoms with Crippen LogP contribution in [0.5, 0.6) is 0 Å². The van der Waals surface area contributed by atoms with Crippen LogP contribution < -0.4 is 5.32 Å². The van der Waals surface area contributed by atoms with Gasteiger partial charge in [0.15, 0.2) is 0 Å². The monoisotopic (exact) mass is 253 g/mol. The minimum Gasteiger partial charge on any atom is -0.380 e. The predicted molar refractivity (Wildman–Crippen MR) is 74.5 cm³/mol. The SMILES string of the molecule is CC(C)CCOCCn1ccnc1CNC(C)C. The summed E-state index contributed by atoms with van der Waals surface area (Å²) in [4.78, 5) is 4.36. The minimum absolute atomic E-state index is 0.484.